The van der Waals surface area contributed by atoms with E-state index in [9.17, 15) is 18.0 Å². The fraction of sp³-hybridized carbons (Fsp3) is 0.520. The van der Waals surface area contributed by atoms with Crippen LogP contribution < -0.4 is 10.6 Å². The number of ether oxygens (including phenoxy) is 3. The summed E-state index contributed by atoms with van der Waals surface area (Å²) in [5.41, 5.74) is 2.39. The summed E-state index contributed by atoms with van der Waals surface area (Å²) in [6.45, 7) is 2.77. The van der Waals surface area contributed by atoms with Crippen LogP contribution in [-0.2, 0) is 27.1 Å². The van der Waals surface area contributed by atoms with Crippen molar-refractivity contribution in [3.05, 3.63) is 46.5 Å². The molecule has 3 aliphatic rings. The van der Waals surface area contributed by atoms with Gasteiger partial charge < -0.3 is 29.8 Å². The molecular formula is C25H29F3N4O4. The number of nitrogens with zero attached hydrogens (tertiary/aromatic N) is 1. The summed E-state index contributed by atoms with van der Waals surface area (Å²) in [6.07, 6.45) is -0.985. The topological polar surface area (TPSA) is 97.0 Å². The van der Waals surface area contributed by atoms with E-state index >= 15 is 0 Å². The van der Waals surface area contributed by atoms with Crippen molar-refractivity contribution in [3.63, 3.8) is 0 Å². The number of H-pyrrole nitrogens is 1. The fourth-order valence-corrected chi connectivity index (χ4v) is 4.96. The van der Waals surface area contributed by atoms with Gasteiger partial charge in [0.2, 0.25) is 6.43 Å². The van der Waals surface area contributed by atoms with Crippen molar-refractivity contribution >= 4 is 23.5 Å². The van der Waals surface area contributed by atoms with Crippen LogP contribution in [-0.4, -0.2) is 75.3 Å². The molecule has 194 valence electrons. The van der Waals surface area contributed by atoms with Crippen LogP contribution in [0.15, 0.2) is 23.2 Å². The minimum absolute atomic E-state index is 0.128. The second-order valence-corrected chi connectivity index (χ2v) is 9.09. The van der Waals surface area contributed by atoms with E-state index < -0.39 is 18.7 Å². The molecule has 0 saturated carbocycles. The number of halogens is 3. The molecule has 0 radical (unpaired) electrons. The van der Waals surface area contributed by atoms with E-state index in [1.54, 1.807) is 6.07 Å². The van der Waals surface area contributed by atoms with E-state index in [4.69, 9.17) is 14.2 Å². The first-order valence-electron chi connectivity index (χ1n) is 12.2. The van der Waals surface area contributed by atoms with Gasteiger partial charge in [-0.25, -0.2) is 13.2 Å². The monoisotopic (exact) mass is 506 g/mol. The molecule has 5 rings (SSSR count). The van der Waals surface area contributed by atoms with Crippen LogP contribution in [0.4, 0.5) is 24.5 Å². The number of carbonyl (C=O) groups excluding carboxylic acids is 1. The molecule has 0 spiro atoms. The van der Waals surface area contributed by atoms with E-state index in [2.05, 4.69) is 20.6 Å². The molecule has 8 nitrogen and oxygen atoms in total. The van der Waals surface area contributed by atoms with Crippen molar-refractivity contribution < 1.29 is 32.2 Å². The molecule has 0 bridgehead atoms. The van der Waals surface area contributed by atoms with Gasteiger partial charge in [-0.3, -0.25) is 9.79 Å². The predicted octanol–water partition coefficient (Wildman–Crippen LogP) is 3.35. The second kappa shape index (κ2) is 11.0. The smallest absolute Gasteiger partial charge is 0.255 e. The minimum Gasteiger partial charge on any atom is -0.376 e. The molecule has 4 heterocycles. The van der Waals surface area contributed by atoms with E-state index in [1.165, 1.54) is 6.07 Å². The average molecular weight is 507 g/mol. The lowest BCUT2D eigenvalue weighted by atomic mass is 9.91. The van der Waals surface area contributed by atoms with Crippen molar-refractivity contribution in [3.8, 4) is 0 Å². The Morgan fingerprint density at radius 1 is 1.28 bits per heavy atom. The van der Waals surface area contributed by atoms with Crippen LogP contribution in [0.5, 0.6) is 0 Å². The third kappa shape index (κ3) is 5.28. The van der Waals surface area contributed by atoms with Gasteiger partial charge in [0, 0.05) is 47.9 Å². The summed E-state index contributed by atoms with van der Waals surface area (Å²) < 4.78 is 58.4. The molecule has 1 aromatic heterocycles. The second-order valence-electron chi connectivity index (χ2n) is 9.09. The number of alkyl halides is 2. The molecule has 0 aliphatic carbocycles. The number of anilines is 2. The number of carbonyl (C=O) groups is 1. The lowest BCUT2D eigenvalue weighted by Gasteiger charge is -2.31. The Hall–Kier alpha value is -2.89. The molecule has 1 amide bonds. The summed E-state index contributed by atoms with van der Waals surface area (Å²) >= 11 is 0. The van der Waals surface area contributed by atoms with Crippen LogP contribution in [0.25, 0.3) is 0 Å². The van der Waals surface area contributed by atoms with Crippen molar-refractivity contribution in [1.29, 1.82) is 0 Å². The molecular weight excluding hydrogens is 477 g/mol. The predicted molar refractivity (Wildman–Crippen MR) is 127 cm³/mol. The van der Waals surface area contributed by atoms with E-state index in [1.807, 2.05) is 6.21 Å². The first kappa shape index (κ1) is 24.8. The molecule has 11 heteroatoms. The van der Waals surface area contributed by atoms with E-state index in [0.717, 1.165) is 11.8 Å². The fourth-order valence-electron chi connectivity index (χ4n) is 4.96. The third-order valence-corrected chi connectivity index (χ3v) is 6.71. The molecule has 3 atom stereocenters. The highest BCUT2D eigenvalue weighted by molar-refractivity contribution is 6.03. The number of aromatic amines is 1. The maximum absolute atomic E-state index is 14.5. The van der Waals surface area contributed by atoms with E-state index in [0.29, 0.717) is 69.3 Å². The maximum atomic E-state index is 14.5. The molecule has 3 aliphatic heterocycles. The van der Waals surface area contributed by atoms with Gasteiger partial charge in [0.05, 0.1) is 50.3 Å². The molecule has 3 unspecified atom stereocenters. The van der Waals surface area contributed by atoms with Crippen molar-refractivity contribution in [1.82, 2.24) is 10.3 Å². The zero-order chi connectivity index (χ0) is 25.1. The van der Waals surface area contributed by atoms with Crippen molar-refractivity contribution in [2.75, 3.05) is 44.8 Å². The molecule has 36 heavy (non-hydrogen) atoms. The first-order chi connectivity index (χ1) is 17.5. The molecule has 3 N–H and O–H groups in total. The van der Waals surface area contributed by atoms with Crippen molar-refractivity contribution in [2.45, 2.75) is 43.8 Å². The van der Waals surface area contributed by atoms with E-state index in [-0.39, 0.29) is 35.3 Å². The highest BCUT2D eigenvalue weighted by Crippen LogP contribution is 2.40. The standard InChI is InChI=1S/C25H29F3N4O4/c26-17-2-1-3-18(16(17)10-21(27)28)31-24-22-19(5-7-30-25(22)33)32-23(24)15-4-6-29-11-20(15)36-13-14-12-34-8-9-35-14/h1-3,6,14-15,20-21,31-32H,4-5,7-13H2,(H,30,33). The van der Waals surface area contributed by atoms with Gasteiger partial charge in [0.1, 0.15) is 11.9 Å². The van der Waals surface area contributed by atoms with Crippen LogP contribution in [0, 0.1) is 5.82 Å². The number of benzene rings is 1. The highest BCUT2D eigenvalue weighted by Gasteiger charge is 2.35. The highest BCUT2D eigenvalue weighted by atomic mass is 19.3. The lowest BCUT2D eigenvalue weighted by molar-refractivity contribution is -0.126. The van der Waals surface area contributed by atoms with Gasteiger partial charge in [0.25, 0.3) is 5.91 Å². The van der Waals surface area contributed by atoms with Crippen LogP contribution >= 0.6 is 0 Å². The maximum Gasteiger partial charge on any atom is 0.255 e. The number of rotatable bonds is 8. The summed E-state index contributed by atoms with van der Waals surface area (Å²) in [7, 11) is 0. The number of aliphatic imine (C=N–C) groups is 1. The van der Waals surface area contributed by atoms with Crippen LogP contribution in [0.1, 0.15) is 39.6 Å². The molecule has 1 fully saturated rings. The van der Waals surface area contributed by atoms with Gasteiger partial charge in [0.15, 0.2) is 0 Å². The number of amides is 1. The van der Waals surface area contributed by atoms with Crippen LogP contribution in [0.2, 0.25) is 0 Å². The number of hydrogen-bond donors (Lipinski definition) is 3. The minimum atomic E-state index is -2.72. The Morgan fingerprint density at radius 3 is 2.97 bits per heavy atom. The summed E-state index contributed by atoms with van der Waals surface area (Å²) in [5, 5.41) is 5.98. The number of hydrogen-bond acceptors (Lipinski definition) is 6. The Labute approximate surface area is 206 Å². The SMILES string of the molecule is O=C1NCCc2[nH]c(C3CC=NCC3OCC3COCCO3)c(Nc3cccc(F)c3CC(F)F)c21. The largest absolute Gasteiger partial charge is 0.376 e. The zero-order valence-electron chi connectivity index (χ0n) is 19.7. The quantitative estimate of drug-likeness (QED) is 0.510. The average Bonchev–Trinajstić information content (AvgIpc) is 3.25. The number of nitrogens with one attached hydrogen (secondary N) is 3. The number of aromatic nitrogens is 1. The Morgan fingerprint density at radius 2 is 2.17 bits per heavy atom. The summed E-state index contributed by atoms with van der Waals surface area (Å²) in [6, 6.07) is 4.15. The van der Waals surface area contributed by atoms with Crippen LogP contribution in [0.3, 0.4) is 0 Å². The third-order valence-electron chi connectivity index (χ3n) is 6.71. The molecule has 1 aromatic carbocycles. The summed E-state index contributed by atoms with van der Waals surface area (Å²) in [5.74, 6) is -1.20. The Balaban J connectivity index is 1.49. The van der Waals surface area contributed by atoms with Gasteiger partial charge in [-0.05, 0) is 24.8 Å². The number of fused-ring (bicyclic) bond motifs is 1. The molecule has 2 aromatic rings. The normalized spacial score (nSPS) is 24.0. The summed E-state index contributed by atoms with van der Waals surface area (Å²) in [4.78, 5) is 20.7. The van der Waals surface area contributed by atoms with Crippen molar-refractivity contribution in [2.24, 2.45) is 4.99 Å². The van der Waals surface area contributed by atoms with Gasteiger partial charge in [-0.1, -0.05) is 6.07 Å². The van der Waals surface area contributed by atoms with Gasteiger partial charge >= 0.3 is 0 Å². The lowest BCUT2D eigenvalue weighted by Crippen LogP contribution is -2.37. The Bertz CT molecular complexity index is 1120. The van der Waals surface area contributed by atoms with Gasteiger partial charge in [-0.2, -0.15) is 0 Å². The van der Waals surface area contributed by atoms with Gasteiger partial charge in [-0.15, -0.1) is 0 Å². The first-order valence-corrected chi connectivity index (χ1v) is 12.2. The molecule has 1 saturated heterocycles. The Kier molecular flexibility index (Phi) is 7.59. The zero-order valence-corrected chi connectivity index (χ0v) is 19.7.